The van der Waals surface area contributed by atoms with Crippen LogP contribution < -0.4 is 5.32 Å². The maximum absolute atomic E-state index is 11.2. The fourth-order valence-electron chi connectivity index (χ4n) is 2.62. The molecule has 0 radical (unpaired) electrons. The number of hydrogen-bond donors (Lipinski definition) is 3. The van der Waals surface area contributed by atoms with E-state index in [-0.39, 0.29) is 17.0 Å². The molecule has 0 saturated carbocycles. The van der Waals surface area contributed by atoms with Gasteiger partial charge in [-0.3, -0.25) is 4.40 Å². The number of nitrogens with one attached hydrogen (secondary N) is 1. The van der Waals surface area contributed by atoms with Crippen LogP contribution in [0, 0.1) is 5.92 Å². The summed E-state index contributed by atoms with van der Waals surface area (Å²) in [7, 11) is 0. The lowest BCUT2D eigenvalue weighted by Gasteiger charge is -2.07. The van der Waals surface area contributed by atoms with E-state index in [1.807, 2.05) is 0 Å². The van der Waals surface area contributed by atoms with Crippen molar-refractivity contribution >= 4 is 11.5 Å². The maximum Gasteiger partial charge on any atom is 0.356 e. The van der Waals surface area contributed by atoms with Gasteiger partial charge in [0.2, 0.25) is 0 Å². The van der Waals surface area contributed by atoms with Gasteiger partial charge in [-0.25, -0.2) is 9.78 Å². The summed E-state index contributed by atoms with van der Waals surface area (Å²) in [5.41, 5.74) is 0.190. The second kappa shape index (κ2) is 4.55. The first-order valence-electron chi connectivity index (χ1n) is 6.29. The first kappa shape index (κ1) is 12.0. The minimum absolute atomic E-state index is 0.0526. The van der Waals surface area contributed by atoms with E-state index in [0.717, 1.165) is 19.5 Å². The molecule has 1 aliphatic heterocycles. The Bertz CT molecular complexity index is 629. The third-order valence-corrected chi connectivity index (χ3v) is 3.55. The van der Waals surface area contributed by atoms with E-state index in [9.17, 15) is 15.0 Å². The number of pyridine rings is 1. The smallest absolute Gasteiger partial charge is 0.356 e. The molecule has 0 amide bonds. The van der Waals surface area contributed by atoms with Crippen LogP contribution in [0.2, 0.25) is 0 Å². The molecule has 1 fully saturated rings. The standard InChI is InChI=1S/C13H15N3O3/c17-9-2-1-5-16-10(6-8-3-4-14-7-8)15-11(12(9)16)13(18)19/h1-2,5,8,14,17H,3-4,6-7H2,(H,18,19). The summed E-state index contributed by atoms with van der Waals surface area (Å²) >= 11 is 0. The van der Waals surface area contributed by atoms with E-state index in [2.05, 4.69) is 10.3 Å². The van der Waals surface area contributed by atoms with Crippen molar-refractivity contribution in [1.82, 2.24) is 14.7 Å². The largest absolute Gasteiger partial charge is 0.506 e. The first-order chi connectivity index (χ1) is 9.16. The zero-order valence-electron chi connectivity index (χ0n) is 10.3. The van der Waals surface area contributed by atoms with Gasteiger partial charge >= 0.3 is 5.97 Å². The van der Waals surface area contributed by atoms with Gasteiger partial charge in [-0.05, 0) is 37.6 Å². The summed E-state index contributed by atoms with van der Waals surface area (Å²) < 4.78 is 1.68. The first-order valence-corrected chi connectivity index (χ1v) is 6.29. The Morgan fingerprint density at radius 1 is 1.58 bits per heavy atom. The Morgan fingerprint density at radius 3 is 3.11 bits per heavy atom. The van der Waals surface area contributed by atoms with Gasteiger partial charge in [0.15, 0.2) is 5.69 Å². The van der Waals surface area contributed by atoms with Crippen molar-refractivity contribution in [1.29, 1.82) is 0 Å². The zero-order chi connectivity index (χ0) is 13.4. The van der Waals surface area contributed by atoms with Crippen LogP contribution in [0.25, 0.3) is 5.52 Å². The number of aromatic carboxylic acids is 1. The van der Waals surface area contributed by atoms with Crippen LogP contribution >= 0.6 is 0 Å². The number of aromatic hydroxyl groups is 1. The number of carboxylic acid groups (broad SMARTS) is 1. The van der Waals surface area contributed by atoms with E-state index in [0.29, 0.717) is 18.2 Å². The molecule has 0 spiro atoms. The van der Waals surface area contributed by atoms with Crippen LogP contribution in [0.5, 0.6) is 5.75 Å². The molecule has 100 valence electrons. The lowest BCUT2D eigenvalue weighted by atomic mass is 10.0. The quantitative estimate of drug-likeness (QED) is 0.764. The summed E-state index contributed by atoms with van der Waals surface area (Å²) in [5, 5.41) is 22.3. The lowest BCUT2D eigenvalue weighted by molar-refractivity contribution is 0.0692. The molecule has 0 aliphatic carbocycles. The average molecular weight is 261 g/mol. The minimum atomic E-state index is -1.12. The Kier molecular flexibility index (Phi) is 2.87. The highest BCUT2D eigenvalue weighted by Crippen LogP contribution is 2.25. The Morgan fingerprint density at radius 2 is 2.42 bits per heavy atom. The predicted molar refractivity (Wildman–Crippen MR) is 68.5 cm³/mol. The van der Waals surface area contributed by atoms with Crippen molar-refractivity contribution in [3.63, 3.8) is 0 Å². The molecule has 2 aromatic rings. The van der Waals surface area contributed by atoms with Crippen LogP contribution in [-0.4, -0.2) is 38.7 Å². The monoisotopic (exact) mass is 261 g/mol. The van der Waals surface area contributed by atoms with Crippen molar-refractivity contribution in [2.45, 2.75) is 12.8 Å². The van der Waals surface area contributed by atoms with Gasteiger partial charge in [0, 0.05) is 12.6 Å². The topological polar surface area (TPSA) is 86.9 Å². The molecule has 1 aliphatic rings. The van der Waals surface area contributed by atoms with E-state index in [4.69, 9.17) is 0 Å². The van der Waals surface area contributed by atoms with Gasteiger partial charge in [-0.1, -0.05) is 0 Å². The van der Waals surface area contributed by atoms with E-state index in [1.54, 1.807) is 16.7 Å². The second-order valence-electron chi connectivity index (χ2n) is 4.86. The van der Waals surface area contributed by atoms with Crippen molar-refractivity contribution in [2.24, 2.45) is 5.92 Å². The summed E-state index contributed by atoms with van der Waals surface area (Å²) in [6, 6.07) is 3.16. The molecule has 0 aromatic carbocycles. The van der Waals surface area contributed by atoms with Crippen molar-refractivity contribution in [2.75, 3.05) is 13.1 Å². The summed E-state index contributed by atoms with van der Waals surface area (Å²) in [6.07, 6.45) is 3.52. The molecule has 6 nitrogen and oxygen atoms in total. The number of imidazole rings is 1. The number of hydrogen-bond acceptors (Lipinski definition) is 4. The molecule has 3 rings (SSSR count). The van der Waals surface area contributed by atoms with Crippen LogP contribution in [0.15, 0.2) is 18.3 Å². The highest BCUT2D eigenvalue weighted by Gasteiger charge is 2.22. The normalized spacial score (nSPS) is 19.1. The highest BCUT2D eigenvalue weighted by molar-refractivity contribution is 5.95. The molecule has 0 bridgehead atoms. The zero-order valence-corrected chi connectivity index (χ0v) is 10.3. The van der Waals surface area contributed by atoms with Crippen LogP contribution in [-0.2, 0) is 6.42 Å². The Hall–Kier alpha value is -2.08. The number of fused-ring (bicyclic) bond motifs is 1. The number of rotatable bonds is 3. The SMILES string of the molecule is O=C(O)c1nc(CC2CCNC2)n2cccc(O)c12. The molecule has 19 heavy (non-hydrogen) atoms. The number of nitrogens with zero attached hydrogens (tertiary/aromatic N) is 2. The predicted octanol–water partition coefficient (Wildman–Crippen LogP) is 0.890. The third-order valence-electron chi connectivity index (χ3n) is 3.55. The molecule has 3 N–H and O–H groups in total. The summed E-state index contributed by atoms with van der Waals surface area (Å²) in [6.45, 7) is 1.92. The van der Waals surface area contributed by atoms with E-state index >= 15 is 0 Å². The van der Waals surface area contributed by atoms with Crippen LogP contribution in [0.4, 0.5) is 0 Å². The van der Waals surface area contributed by atoms with Gasteiger partial charge in [-0.2, -0.15) is 0 Å². The van der Waals surface area contributed by atoms with Crippen LogP contribution in [0.1, 0.15) is 22.7 Å². The van der Waals surface area contributed by atoms with Crippen molar-refractivity contribution < 1.29 is 15.0 Å². The van der Waals surface area contributed by atoms with Gasteiger partial charge in [0.05, 0.1) is 0 Å². The molecule has 2 aromatic heterocycles. The van der Waals surface area contributed by atoms with Crippen LogP contribution in [0.3, 0.4) is 0 Å². The van der Waals surface area contributed by atoms with Crippen molar-refractivity contribution in [3.05, 3.63) is 29.8 Å². The molecular weight excluding hydrogens is 246 g/mol. The lowest BCUT2D eigenvalue weighted by Crippen LogP contribution is -2.12. The minimum Gasteiger partial charge on any atom is -0.506 e. The van der Waals surface area contributed by atoms with Gasteiger partial charge < -0.3 is 15.5 Å². The third kappa shape index (κ3) is 2.04. The molecule has 1 unspecified atom stereocenters. The Labute approximate surface area is 109 Å². The summed E-state index contributed by atoms with van der Waals surface area (Å²) in [5.74, 6) is -0.00964. The van der Waals surface area contributed by atoms with Gasteiger partial charge in [-0.15, -0.1) is 0 Å². The molecular formula is C13H15N3O3. The fraction of sp³-hybridized carbons (Fsp3) is 0.385. The van der Waals surface area contributed by atoms with E-state index < -0.39 is 5.97 Å². The highest BCUT2D eigenvalue weighted by atomic mass is 16.4. The molecule has 1 atom stereocenters. The molecule has 3 heterocycles. The summed E-state index contributed by atoms with van der Waals surface area (Å²) in [4.78, 5) is 15.4. The molecule has 1 saturated heterocycles. The average Bonchev–Trinajstić information content (AvgIpc) is 2.99. The fourth-order valence-corrected chi connectivity index (χ4v) is 2.62. The van der Waals surface area contributed by atoms with Crippen molar-refractivity contribution in [3.8, 4) is 5.75 Å². The van der Waals surface area contributed by atoms with Gasteiger partial charge in [0.25, 0.3) is 0 Å². The van der Waals surface area contributed by atoms with E-state index in [1.165, 1.54) is 6.07 Å². The molecule has 6 heteroatoms. The number of carbonyl (C=O) groups is 1. The maximum atomic E-state index is 11.2. The van der Waals surface area contributed by atoms with Gasteiger partial charge in [0.1, 0.15) is 17.1 Å². The Balaban J connectivity index is 2.09. The second-order valence-corrected chi connectivity index (χ2v) is 4.86. The number of aromatic nitrogens is 2. The number of carboxylic acids is 1.